The molecular formula is C12H15BrN2OS. The second-order valence-electron chi connectivity index (χ2n) is 4.37. The summed E-state index contributed by atoms with van der Waals surface area (Å²) >= 11 is 4.89. The molecule has 1 aromatic rings. The molecule has 1 aliphatic heterocycles. The molecule has 0 bridgehead atoms. The minimum Gasteiger partial charge on any atom is -0.391 e. The standard InChI is InChI=1S/C12H15BrN2OS/c1-8(16)10-4-2-3-5-15(10)12-6-9(13)11(7-14)17-12/h6,8,10,16H,2-5H2,1H3. The van der Waals surface area contributed by atoms with Crippen LogP contribution in [0.5, 0.6) is 0 Å². The first-order valence-electron chi connectivity index (χ1n) is 5.77. The van der Waals surface area contributed by atoms with Gasteiger partial charge in [0.1, 0.15) is 10.9 Å². The highest BCUT2D eigenvalue weighted by Crippen LogP contribution is 2.36. The highest BCUT2D eigenvalue weighted by Gasteiger charge is 2.28. The van der Waals surface area contributed by atoms with Crippen molar-refractivity contribution in [3.63, 3.8) is 0 Å². The Labute approximate surface area is 114 Å². The zero-order valence-corrected chi connectivity index (χ0v) is 12.1. The van der Waals surface area contributed by atoms with Crippen molar-refractivity contribution in [1.29, 1.82) is 5.26 Å². The van der Waals surface area contributed by atoms with Gasteiger partial charge in [0.25, 0.3) is 0 Å². The van der Waals surface area contributed by atoms with Gasteiger partial charge in [0.05, 0.1) is 17.1 Å². The SMILES string of the molecule is CC(O)C1CCCCN1c1cc(Br)c(C#N)s1. The van der Waals surface area contributed by atoms with Gasteiger partial charge in [-0.2, -0.15) is 5.26 Å². The molecule has 1 saturated heterocycles. The molecule has 1 fully saturated rings. The van der Waals surface area contributed by atoms with E-state index in [1.54, 1.807) is 0 Å². The van der Waals surface area contributed by atoms with Gasteiger partial charge in [-0.05, 0) is 48.2 Å². The van der Waals surface area contributed by atoms with E-state index in [0.717, 1.165) is 28.9 Å². The molecule has 92 valence electrons. The quantitative estimate of drug-likeness (QED) is 0.912. The van der Waals surface area contributed by atoms with Crippen LogP contribution in [0.1, 0.15) is 31.1 Å². The summed E-state index contributed by atoms with van der Waals surface area (Å²) in [6, 6.07) is 4.35. The Morgan fingerprint density at radius 2 is 2.41 bits per heavy atom. The number of rotatable bonds is 2. The molecule has 2 heterocycles. The fourth-order valence-electron chi connectivity index (χ4n) is 2.31. The smallest absolute Gasteiger partial charge is 0.121 e. The normalized spacial score (nSPS) is 22.2. The van der Waals surface area contributed by atoms with E-state index in [4.69, 9.17) is 5.26 Å². The summed E-state index contributed by atoms with van der Waals surface area (Å²) in [6.45, 7) is 2.81. The Morgan fingerprint density at radius 1 is 1.65 bits per heavy atom. The van der Waals surface area contributed by atoms with Gasteiger partial charge in [0.2, 0.25) is 0 Å². The highest BCUT2D eigenvalue weighted by atomic mass is 79.9. The van der Waals surface area contributed by atoms with Crippen molar-refractivity contribution >= 4 is 32.3 Å². The van der Waals surface area contributed by atoms with Crippen LogP contribution in [0.4, 0.5) is 5.00 Å². The van der Waals surface area contributed by atoms with Crippen molar-refractivity contribution in [2.75, 3.05) is 11.4 Å². The molecular weight excluding hydrogens is 300 g/mol. The molecule has 3 nitrogen and oxygen atoms in total. The topological polar surface area (TPSA) is 47.3 Å². The van der Waals surface area contributed by atoms with E-state index in [1.165, 1.54) is 17.8 Å². The number of halogens is 1. The third-order valence-corrected chi connectivity index (χ3v) is 5.13. The van der Waals surface area contributed by atoms with Crippen molar-refractivity contribution in [2.24, 2.45) is 0 Å². The van der Waals surface area contributed by atoms with Gasteiger partial charge in [-0.1, -0.05) is 0 Å². The second-order valence-corrected chi connectivity index (χ2v) is 6.26. The van der Waals surface area contributed by atoms with Gasteiger partial charge in [0, 0.05) is 11.0 Å². The Kier molecular flexibility index (Phi) is 4.08. The Morgan fingerprint density at radius 3 is 3.00 bits per heavy atom. The van der Waals surface area contributed by atoms with Crippen LogP contribution >= 0.6 is 27.3 Å². The molecule has 2 rings (SSSR count). The van der Waals surface area contributed by atoms with E-state index < -0.39 is 0 Å². The van der Waals surface area contributed by atoms with Crippen LogP contribution in [0.15, 0.2) is 10.5 Å². The number of hydrogen-bond acceptors (Lipinski definition) is 4. The van der Waals surface area contributed by atoms with Crippen LogP contribution in [0, 0.1) is 11.3 Å². The number of hydrogen-bond donors (Lipinski definition) is 1. The summed E-state index contributed by atoms with van der Waals surface area (Å²) in [5, 5.41) is 19.9. The fraction of sp³-hybridized carbons (Fsp3) is 0.583. The number of piperidine rings is 1. The van der Waals surface area contributed by atoms with Gasteiger partial charge in [-0.25, -0.2) is 0 Å². The Bertz CT molecular complexity index is 438. The molecule has 2 unspecified atom stereocenters. The molecule has 5 heteroatoms. The van der Waals surface area contributed by atoms with Crippen LogP contribution < -0.4 is 4.90 Å². The Hall–Kier alpha value is -0.570. The van der Waals surface area contributed by atoms with Gasteiger partial charge in [-0.3, -0.25) is 0 Å². The summed E-state index contributed by atoms with van der Waals surface area (Å²) < 4.78 is 0.856. The molecule has 0 aliphatic carbocycles. The van der Waals surface area contributed by atoms with Gasteiger partial charge in [-0.15, -0.1) is 11.3 Å². The molecule has 1 aromatic heterocycles. The lowest BCUT2D eigenvalue weighted by Crippen LogP contribution is -2.45. The van der Waals surface area contributed by atoms with E-state index >= 15 is 0 Å². The number of aliphatic hydroxyl groups excluding tert-OH is 1. The summed E-state index contributed by atoms with van der Waals surface area (Å²) in [4.78, 5) is 2.94. The maximum absolute atomic E-state index is 9.83. The average molecular weight is 315 g/mol. The first-order valence-corrected chi connectivity index (χ1v) is 7.38. The summed E-state index contributed by atoms with van der Waals surface area (Å²) in [5.41, 5.74) is 0. The summed E-state index contributed by atoms with van der Waals surface area (Å²) in [7, 11) is 0. The first kappa shape index (κ1) is 12.9. The van der Waals surface area contributed by atoms with Crippen molar-refractivity contribution in [2.45, 2.75) is 38.3 Å². The van der Waals surface area contributed by atoms with Crippen LogP contribution in [0.3, 0.4) is 0 Å². The van der Waals surface area contributed by atoms with Gasteiger partial charge >= 0.3 is 0 Å². The van der Waals surface area contributed by atoms with E-state index in [0.29, 0.717) is 4.88 Å². The molecule has 1 N–H and O–H groups in total. The average Bonchev–Trinajstić information content (AvgIpc) is 2.70. The number of nitriles is 1. The largest absolute Gasteiger partial charge is 0.391 e. The maximum Gasteiger partial charge on any atom is 0.121 e. The molecule has 0 saturated carbocycles. The molecule has 0 amide bonds. The fourth-order valence-corrected chi connectivity index (χ4v) is 3.94. The van der Waals surface area contributed by atoms with Crippen molar-refractivity contribution in [1.82, 2.24) is 0 Å². The van der Waals surface area contributed by atoms with E-state index in [-0.39, 0.29) is 12.1 Å². The van der Waals surface area contributed by atoms with Crippen LogP contribution in [-0.2, 0) is 0 Å². The van der Waals surface area contributed by atoms with Crippen molar-refractivity contribution in [3.8, 4) is 6.07 Å². The lowest BCUT2D eigenvalue weighted by molar-refractivity contribution is 0.146. The predicted octanol–water partition coefficient (Wildman–Crippen LogP) is 3.12. The minimum absolute atomic E-state index is 0.181. The predicted molar refractivity (Wildman–Crippen MR) is 73.4 cm³/mol. The molecule has 0 spiro atoms. The zero-order valence-electron chi connectivity index (χ0n) is 9.69. The Balaban J connectivity index is 2.27. The molecule has 0 aromatic carbocycles. The molecule has 17 heavy (non-hydrogen) atoms. The molecule has 2 atom stereocenters. The number of anilines is 1. The number of thiophene rings is 1. The van der Waals surface area contributed by atoms with Gasteiger partial charge in [0.15, 0.2) is 0 Å². The van der Waals surface area contributed by atoms with Crippen LogP contribution in [-0.4, -0.2) is 23.8 Å². The van der Waals surface area contributed by atoms with E-state index in [1.807, 2.05) is 13.0 Å². The lowest BCUT2D eigenvalue weighted by Gasteiger charge is -2.38. The highest BCUT2D eigenvalue weighted by molar-refractivity contribution is 9.10. The minimum atomic E-state index is -0.332. The summed E-state index contributed by atoms with van der Waals surface area (Å²) in [5.74, 6) is 0. The van der Waals surface area contributed by atoms with Crippen LogP contribution in [0.2, 0.25) is 0 Å². The summed E-state index contributed by atoms with van der Waals surface area (Å²) in [6.07, 6.45) is 3.01. The van der Waals surface area contributed by atoms with Crippen LogP contribution in [0.25, 0.3) is 0 Å². The molecule has 1 aliphatic rings. The third kappa shape index (κ3) is 2.65. The number of aliphatic hydroxyl groups is 1. The first-order chi connectivity index (χ1) is 8.13. The second kappa shape index (κ2) is 5.38. The van der Waals surface area contributed by atoms with Gasteiger partial charge < -0.3 is 10.0 Å². The monoisotopic (exact) mass is 314 g/mol. The van der Waals surface area contributed by atoms with Crippen molar-refractivity contribution in [3.05, 3.63) is 15.4 Å². The van der Waals surface area contributed by atoms with E-state index in [2.05, 4.69) is 26.9 Å². The van der Waals surface area contributed by atoms with E-state index in [9.17, 15) is 5.11 Å². The molecule has 0 radical (unpaired) electrons. The van der Waals surface area contributed by atoms with Crippen molar-refractivity contribution < 1.29 is 5.11 Å². The lowest BCUT2D eigenvalue weighted by atomic mass is 9.98. The zero-order chi connectivity index (χ0) is 12.4. The third-order valence-electron chi connectivity index (χ3n) is 3.16. The maximum atomic E-state index is 9.83. The number of nitrogens with zero attached hydrogens (tertiary/aromatic N) is 2.